The molecule has 130 valence electrons. The first-order valence-electron chi connectivity index (χ1n) is 7.49. The largest absolute Gasteiger partial charge is 0.506 e. The van der Waals surface area contributed by atoms with Crippen molar-refractivity contribution in [2.24, 2.45) is 5.92 Å². The number of likely N-dealkylation sites (tertiary alicyclic amines) is 1. The summed E-state index contributed by atoms with van der Waals surface area (Å²) in [7, 11) is 1.48. The minimum atomic E-state index is -0.807. The van der Waals surface area contributed by atoms with Gasteiger partial charge in [-0.1, -0.05) is 0 Å². The number of benzene rings is 1. The van der Waals surface area contributed by atoms with Gasteiger partial charge in [0, 0.05) is 12.6 Å². The highest BCUT2D eigenvalue weighted by molar-refractivity contribution is 9.11. The summed E-state index contributed by atoms with van der Waals surface area (Å²) in [6.07, 6.45) is -0.807. The Labute approximate surface area is 157 Å². The maximum atomic E-state index is 12.6. The van der Waals surface area contributed by atoms with Crippen molar-refractivity contribution in [3.05, 3.63) is 26.6 Å². The molecule has 3 atom stereocenters. The molecule has 0 radical (unpaired) electrons. The number of amides is 2. The van der Waals surface area contributed by atoms with Gasteiger partial charge in [0.1, 0.15) is 5.75 Å². The van der Waals surface area contributed by atoms with Crippen LogP contribution in [0.5, 0.6) is 5.75 Å². The summed E-state index contributed by atoms with van der Waals surface area (Å²) in [5.74, 6) is -1.09. The first-order chi connectivity index (χ1) is 11.0. The highest BCUT2D eigenvalue weighted by Crippen LogP contribution is 2.49. The van der Waals surface area contributed by atoms with E-state index in [9.17, 15) is 14.7 Å². The van der Waals surface area contributed by atoms with Crippen molar-refractivity contribution in [1.29, 1.82) is 0 Å². The molecule has 8 heteroatoms. The van der Waals surface area contributed by atoms with Gasteiger partial charge in [0.2, 0.25) is 5.91 Å². The number of hydrogen-bond donors (Lipinski definition) is 1. The van der Waals surface area contributed by atoms with Gasteiger partial charge in [-0.25, -0.2) is 0 Å². The summed E-state index contributed by atoms with van der Waals surface area (Å²) in [6, 6.07) is 3.08. The molecule has 0 aromatic heterocycles. The summed E-state index contributed by atoms with van der Waals surface area (Å²) >= 11 is 6.65. The number of aromatic hydroxyl groups is 1. The van der Waals surface area contributed by atoms with Gasteiger partial charge in [-0.05, 0) is 70.3 Å². The molecule has 2 aliphatic heterocycles. The van der Waals surface area contributed by atoms with Gasteiger partial charge in [-0.3, -0.25) is 19.3 Å². The van der Waals surface area contributed by atoms with Gasteiger partial charge in [0.25, 0.3) is 5.91 Å². The van der Waals surface area contributed by atoms with Crippen LogP contribution in [0.3, 0.4) is 0 Å². The first kappa shape index (κ1) is 17.8. The second kappa shape index (κ2) is 5.79. The zero-order valence-electron chi connectivity index (χ0n) is 13.7. The van der Waals surface area contributed by atoms with E-state index in [1.54, 1.807) is 17.2 Å². The number of carbonyl (C=O) groups is 2. The second-order valence-corrected chi connectivity index (χ2v) is 8.77. The third-order valence-corrected chi connectivity index (χ3v) is 5.59. The van der Waals surface area contributed by atoms with Crippen molar-refractivity contribution in [2.45, 2.75) is 38.5 Å². The zero-order chi connectivity index (χ0) is 18.0. The van der Waals surface area contributed by atoms with E-state index in [1.165, 1.54) is 7.05 Å². The quantitative estimate of drug-likeness (QED) is 0.651. The molecule has 1 aromatic carbocycles. The van der Waals surface area contributed by atoms with Crippen LogP contribution in [0.15, 0.2) is 21.1 Å². The van der Waals surface area contributed by atoms with Gasteiger partial charge in [-0.15, -0.1) is 0 Å². The number of fused-ring (bicyclic) bond motifs is 1. The molecule has 6 nitrogen and oxygen atoms in total. The van der Waals surface area contributed by atoms with Crippen molar-refractivity contribution in [3.63, 3.8) is 0 Å². The third kappa shape index (κ3) is 2.60. The number of phenolic OH excluding ortho intramolecular Hbond substituents is 1. The van der Waals surface area contributed by atoms with Crippen molar-refractivity contribution in [1.82, 2.24) is 9.96 Å². The Morgan fingerprint density at radius 2 is 1.67 bits per heavy atom. The van der Waals surface area contributed by atoms with Gasteiger partial charge in [0.05, 0.1) is 20.9 Å². The lowest BCUT2D eigenvalue weighted by molar-refractivity contribution is -0.215. The molecule has 0 bridgehead atoms. The number of rotatable bonds is 1. The van der Waals surface area contributed by atoms with Gasteiger partial charge in [0.15, 0.2) is 6.10 Å². The van der Waals surface area contributed by atoms with Crippen LogP contribution in [0.4, 0.5) is 0 Å². The van der Waals surface area contributed by atoms with Crippen LogP contribution >= 0.6 is 31.9 Å². The molecule has 24 heavy (non-hydrogen) atoms. The molecule has 3 unspecified atom stereocenters. The van der Waals surface area contributed by atoms with E-state index in [2.05, 4.69) is 31.9 Å². The van der Waals surface area contributed by atoms with Crippen LogP contribution in [0.1, 0.15) is 32.4 Å². The highest BCUT2D eigenvalue weighted by atomic mass is 79.9. The molecule has 3 rings (SSSR count). The summed E-state index contributed by atoms with van der Waals surface area (Å²) < 4.78 is 1.02. The molecular weight excluding hydrogens is 444 g/mol. The number of imide groups is 1. The van der Waals surface area contributed by atoms with Gasteiger partial charge in [-0.2, -0.15) is 5.06 Å². The zero-order valence-corrected chi connectivity index (χ0v) is 16.9. The Morgan fingerprint density at radius 3 is 2.17 bits per heavy atom. The number of hydroxylamine groups is 2. The van der Waals surface area contributed by atoms with E-state index in [1.807, 2.05) is 20.8 Å². The Kier molecular flexibility index (Phi) is 4.31. The topological polar surface area (TPSA) is 70.1 Å². The Balaban J connectivity index is 2.14. The first-order valence-corrected chi connectivity index (χ1v) is 9.08. The van der Waals surface area contributed by atoms with E-state index in [0.29, 0.717) is 8.95 Å². The van der Waals surface area contributed by atoms with E-state index in [0.717, 1.165) is 10.5 Å². The number of carbonyl (C=O) groups excluding carboxylic acids is 2. The molecule has 2 heterocycles. The maximum absolute atomic E-state index is 12.6. The number of nitrogens with zero attached hydrogens (tertiary/aromatic N) is 2. The predicted octanol–water partition coefficient (Wildman–Crippen LogP) is 2.99. The molecule has 2 saturated heterocycles. The Bertz CT molecular complexity index is 708. The number of phenols is 1. The molecule has 0 spiro atoms. The second-order valence-electron chi connectivity index (χ2n) is 7.06. The standard InChI is InChI=1S/C16H18Br2N2O4/c1-16(2,3)20-11(7-5-8(17)12(21)9(18)6-7)10-13(24-20)15(23)19(4)14(10)22/h5-6,10-11,13,21H,1-4H3. The van der Waals surface area contributed by atoms with Crippen LogP contribution in [-0.4, -0.2) is 45.6 Å². The SMILES string of the molecule is CN1C(=O)C2ON(C(C)(C)C)C(c3cc(Br)c(O)c(Br)c3)C2C1=O. The van der Waals surface area contributed by atoms with E-state index >= 15 is 0 Å². The van der Waals surface area contributed by atoms with Crippen molar-refractivity contribution in [3.8, 4) is 5.75 Å². The van der Waals surface area contributed by atoms with Crippen molar-refractivity contribution in [2.75, 3.05) is 7.05 Å². The summed E-state index contributed by atoms with van der Waals surface area (Å²) in [4.78, 5) is 32.0. The predicted molar refractivity (Wildman–Crippen MR) is 94.0 cm³/mol. The molecule has 2 aliphatic rings. The highest BCUT2D eigenvalue weighted by Gasteiger charge is 2.60. The maximum Gasteiger partial charge on any atom is 0.261 e. The fourth-order valence-corrected chi connectivity index (χ4v) is 4.45. The van der Waals surface area contributed by atoms with Crippen molar-refractivity contribution < 1.29 is 19.5 Å². The lowest BCUT2D eigenvalue weighted by atomic mass is 9.89. The minimum Gasteiger partial charge on any atom is -0.506 e. The smallest absolute Gasteiger partial charge is 0.261 e. The third-order valence-electron chi connectivity index (χ3n) is 4.38. The van der Waals surface area contributed by atoms with E-state index in [4.69, 9.17) is 4.84 Å². The fourth-order valence-electron chi connectivity index (χ4n) is 3.23. The monoisotopic (exact) mass is 460 g/mol. The summed E-state index contributed by atoms with van der Waals surface area (Å²) in [5.41, 5.74) is 0.371. The lowest BCUT2D eigenvalue weighted by Gasteiger charge is -2.36. The van der Waals surface area contributed by atoms with Crippen LogP contribution < -0.4 is 0 Å². The normalized spacial score (nSPS) is 27.9. The molecule has 2 fully saturated rings. The van der Waals surface area contributed by atoms with E-state index < -0.39 is 23.6 Å². The number of halogens is 2. The van der Waals surface area contributed by atoms with Gasteiger partial charge < -0.3 is 5.11 Å². The average molecular weight is 462 g/mol. The molecule has 0 aliphatic carbocycles. The number of likely N-dealkylation sites (N-methyl/N-ethyl adjacent to an activating group) is 1. The molecule has 2 amide bonds. The summed E-state index contributed by atoms with van der Waals surface area (Å²) in [6.45, 7) is 5.89. The number of hydrogen-bond acceptors (Lipinski definition) is 5. The summed E-state index contributed by atoms with van der Waals surface area (Å²) in [5, 5.41) is 11.7. The van der Waals surface area contributed by atoms with E-state index in [-0.39, 0.29) is 17.6 Å². The lowest BCUT2D eigenvalue weighted by Crippen LogP contribution is -2.44. The minimum absolute atomic E-state index is 0.0856. The van der Waals surface area contributed by atoms with Crippen LogP contribution in [-0.2, 0) is 14.4 Å². The van der Waals surface area contributed by atoms with Crippen LogP contribution in [0.25, 0.3) is 0 Å². The van der Waals surface area contributed by atoms with Crippen molar-refractivity contribution >= 4 is 43.7 Å². The van der Waals surface area contributed by atoms with Crippen LogP contribution in [0, 0.1) is 5.92 Å². The average Bonchev–Trinajstić information content (AvgIpc) is 2.98. The van der Waals surface area contributed by atoms with Crippen LogP contribution in [0.2, 0.25) is 0 Å². The molecule has 0 saturated carbocycles. The van der Waals surface area contributed by atoms with Gasteiger partial charge >= 0.3 is 0 Å². The fraction of sp³-hybridized carbons (Fsp3) is 0.500. The Morgan fingerprint density at radius 1 is 1.12 bits per heavy atom. The molecule has 1 aromatic rings. The molecule has 1 N–H and O–H groups in total. The molecular formula is C16H18Br2N2O4. The Hall–Kier alpha value is -0.960.